The fourth-order valence-corrected chi connectivity index (χ4v) is 3.73. The van der Waals surface area contributed by atoms with Gasteiger partial charge in [0.1, 0.15) is 11.5 Å². The molecule has 3 aromatic carbocycles. The summed E-state index contributed by atoms with van der Waals surface area (Å²) in [6.07, 6.45) is 1.99. The third-order valence-corrected chi connectivity index (χ3v) is 6.44. The van der Waals surface area contributed by atoms with Gasteiger partial charge in [0.15, 0.2) is 0 Å². The van der Waals surface area contributed by atoms with Crippen LogP contribution in [0.2, 0.25) is 0 Å². The van der Waals surface area contributed by atoms with Gasteiger partial charge < -0.3 is 9.84 Å². The molecule has 4 rings (SSSR count). The molecule has 0 saturated carbocycles. The van der Waals surface area contributed by atoms with Gasteiger partial charge in [-0.05, 0) is 61.8 Å². The van der Waals surface area contributed by atoms with Crippen LogP contribution in [-0.2, 0) is 11.2 Å². The van der Waals surface area contributed by atoms with E-state index >= 15 is 0 Å². The van der Waals surface area contributed by atoms with Crippen LogP contribution >= 0.6 is 0 Å². The molecule has 0 bridgehead atoms. The number of phenols is 1. The van der Waals surface area contributed by atoms with Gasteiger partial charge in [0.25, 0.3) is 0 Å². The van der Waals surface area contributed by atoms with Crippen LogP contribution in [0.3, 0.4) is 0 Å². The van der Waals surface area contributed by atoms with E-state index in [0.29, 0.717) is 17.6 Å². The zero-order chi connectivity index (χ0) is 21.9. The SMILES string of the molecule is C.C.C.C.CC1Cc2ccccc2C1C.CCC(C)(C)C(=O)Oc1cccc2c(O)cccc12. The molecule has 0 fully saturated rings. The number of esters is 1. The highest BCUT2D eigenvalue weighted by Crippen LogP contribution is 2.36. The molecule has 2 unspecified atom stereocenters. The van der Waals surface area contributed by atoms with Gasteiger partial charge >= 0.3 is 5.97 Å². The van der Waals surface area contributed by atoms with E-state index in [0.717, 1.165) is 17.2 Å². The molecule has 0 heterocycles. The molecule has 1 aliphatic rings. The molecule has 0 aromatic heterocycles. The maximum atomic E-state index is 12.1. The van der Waals surface area contributed by atoms with Gasteiger partial charge in [-0.1, -0.05) is 99.0 Å². The summed E-state index contributed by atoms with van der Waals surface area (Å²) in [7, 11) is 0. The van der Waals surface area contributed by atoms with Crippen molar-refractivity contribution < 1.29 is 14.6 Å². The Bertz CT molecular complexity index is 1040. The average Bonchev–Trinajstić information content (AvgIpc) is 3.03. The molecule has 34 heavy (non-hydrogen) atoms. The largest absolute Gasteiger partial charge is 0.507 e. The molecule has 1 aliphatic carbocycles. The number of hydrogen-bond donors (Lipinski definition) is 1. The Morgan fingerprint density at radius 2 is 1.50 bits per heavy atom. The number of aromatic hydroxyl groups is 1. The van der Waals surface area contributed by atoms with Crippen LogP contribution in [0.4, 0.5) is 0 Å². The molecule has 2 atom stereocenters. The smallest absolute Gasteiger partial charge is 0.316 e. The van der Waals surface area contributed by atoms with Gasteiger partial charge in [-0.2, -0.15) is 0 Å². The molecule has 0 spiro atoms. The summed E-state index contributed by atoms with van der Waals surface area (Å²) in [6, 6.07) is 19.3. The third kappa shape index (κ3) is 7.09. The van der Waals surface area contributed by atoms with Crippen molar-refractivity contribution in [2.75, 3.05) is 0 Å². The zero-order valence-electron chi connectivity index (χ0n) is 18.6. The third-order valence-electron chi connectivity index (χ3n) is 6.44. The van der Waals surface area contributed by atoms with Crippen molar-refractivity contribution in [1.82, 2.24) is 0 Å². The van der Waals surface area contributed by atoms with Crippen LogP contribution in [0.5, 0.6) is 11.5 Å². The highest BCUT2D eigenvalue weighted by atomic mass is 16.5. The fraction of sp³-hybridized carbons (Fsp3) is 0.452. The average molecular weight is 469 g/mol. The van der Waals surface area contributed by atoms with Gasteiger partial charge in [-0.25, -0.2) is 0 Å². The standard InChI is InChI=1S/C16H18O3.C11H14.4CH4/c1-4-16(2,3)15(18)19-14-10-6-7-11-12(14)8-5-9-13(11)17;1-8-7-10-5-3-4-6-11(10)9(8)2;;;;/h5-10,17H,4H2,1-3H3;3-6,8-9H,7H2,1-2H3;4*1H4. The van der Waals surface area contributed by atoms with Gasteiger partial charge in [-0.15, -0.1) is 0 Å². The quantitative estimate of drug-likeness (QED) is 0.307. The van der Waals surface area contributed by atoms with Crippen molar-refractivity contribution in [2.24, 2.45) is 11.3 Å². The Morgan fingerprint density at radius 3 is 2.12 bits per heavy atom. The molecule has 0 aliphatic heterocycles. The molecule has 3 aromatic rings. The number of benzene rings is 3. The molecule has 3 heteroatoms. The molecule has 0 amide bonds. The molecular formula is C31H48O3. The molecular weight excluding hydrogens is 420 g/mol. The first-order valence-corrected chi connectivity index (χ1v) is 10.8. The normalized spacial score (nSPS) is 15.7. The predicted octanol–water partition coefficient (Wildman–Crippen LogP) is 9.41. The Hall–Kier alpha value is -2.81. The van der Waals surface area contributed by atoms with Crippen molar-refractivity contribution in [2.45, 2.75) is 83.1 Å². The van der Waals surface area contributed by atoms with Crippen molar-refractivity contribution in [3.8, 4) is 11.5 Å². The Morgan fingerprint density at radius 1 is 0.912 bits per heavy atom. The number of rotatable bonds is 3. The zero-order valence-corrected chi connectivity index (χ0v) is 18.6. The number of carbonyl (C=O) groups excluding carboxylic acids is 1. The fourth-order valence-electron chi connectivity index (χ4n) is 3.73. The number of ether oxygens (including phenoxy) is 1. The van der Waals surface area contributed by atoms with Gasteiger partial charge in [0, 0.05) is 10.8 Å². The van der Waals surface area contributed by atoms with E-state index < -0.39 is 5.41 Å². The minimum atomic E-state index is -0.515. The van der Waals surface area contributed by atoms with Crippen molar-refractivity contribution >= 4 is 16.7 Å². The van der Waals surface area contributed by atoms with Gasteiger partial charge in [0.2, 0.25) is 0 Å². The molecule has 190 valence electrons. The second-order valence-electron chi connectivity index (χ2n) is 8.92. The maximum Gasteiger partial charge on any atom is 0.316 e. The topological polar surface area (TPSA) is 46.5 Å². The van der Waals surface area contributed by atoms with E-state index in [9.17, 15) is 9.90 Å². The Balaban J connectivity index is 0. The molecule has 0 saturated heterocycles. The monoisotopic (exact) mass is 468 g/mol. The lowest BCUT2D eigenvalue weighted by Crippen LogP contribution is -2.28. The van der Waals surface area contributed by atoms with E-state index in [1.165, 1.54) is 6.42 Å². The first-order chi connectivity index (χ1) is 14.2. The van der Waals surface area contributed by atoms with Gasteiger partial charge in [0.05, 0.1) is 5.41 Å². The summed E-state index contributed by atoms with van der Waals surface area (Å²) in [4.78, 5) is 12.1. The van der Waals surface area contributed by atoms with Crippen molar-refractivity contribution in [3.05, 3.63) is 71.8 Å². The lowest BCUT2D eigenvalue weighted by molar-refractivity contribution is -0.144. The summed E-state index contributed by atoms with van der Waals surface area (Å²) >= 11 is 0. The molecule has 1 N–H and O–H groups in total. The highest BCUT2D eigenvalue weighted by Gasteiger charge is 2.28. The van der Waals surface area contributed by atoms with Gasteiger partial charge in [-0.3, -0.25) is 4.79 Å². The summed E-state index contributed by atoms with van der Waals surface area (Å²) in [5.41, 5.74) is 2.62. The van der Waals surface area contributed by atoms with Crippen molar-refractivity contribution in [1.29, 1.82) is 0 Å². The number of phenolic OH excluding ortho intramolecular Hbond substituents is 1. The lowest BCUT2D eigenvalue weighted by Gasteiger charge is -2.20. The minimum absolute atomic E-state index is 0. The predicted molar refractivity (Wildman–Crippen MR) is 150 cm³/mol. The van der Waals surface area contributed by atoms with E-state index in [1.807, 2.05) is 26.8 Å². The number of carbonyl (C=O) groups is 1. The minimum Gasteiger partial charge on any atom is -0.507 e. The summed E-state index contributed by atoms with van der Waals surface area (Å²) in [5, 5.41) is 11.2. The maximum absolute atomic E-state index is 12.1. The highest BCUT2D eigenvalue weighted by molar-refractivity contribution is 5.94. The number of fused-ring (bicyclic) bond motifs is 2. The summed E-state index contributed by atoms with van der Waals surface area (Å²) in [6.45, 7) is 10.3. The van der Waals surface area contributed by atoms with Crippen LogP contribution < -0.4 is 4.74 Å². The Kier molecular flexibility index (Phi) is 13.5. The number of hydrogen-bond acceptors (Lipinski definition) is 3. The second-order valence-corrected chi connectivity index (χ2v) is 8.92. The van der Waals surface area contributed by atoms with Crippen LogP contribution in [0, 0.1) is 11.3 Å². The summed E-state index contributed by atoms with van der Waals surface area (Å²) in [5.74, 6) is 2.02. The van der Waals surface area contributed by atoms with Crippen LogP contribution in [0.1, 0.15) is 87.8 Å². The Labute approximate surface area is 209 Å². The van der Waals surface area contributed by atoms with Crippen LogP contribution in [0.15, 0.2) is 60.7 Å². The van der Waals surface area contributed by atoms with E-state index in [2.05, 4.69) is 38.1 Å². The van der Waals surface area contributed by atoms with Crippen LogP contribution in [-0.4, -0.2) is 11.1 Å². The first-order valence-electron chi connectivity index (χ1n) is 10.8. The van der Waals surface area contributed by atoms with Crippen LogP contribution in [0.25, 0.3) is 10.8 Å². The van der Waals surface area contributed by atoms with E-state index in [1.54, 1.807) is 41.5 Å². The molecule has 0 radical (unpaired) electrons. The lowest BCUT2D eigenvalue weighted by atomic mass is 9.90. The van der Waals surface area contributed by atoms with E-state index in [-0.39, 0.29) is 41.4 Å². The first kappa shape index (κ1) is 33.4. The van der Waals surface area contributed by atoms with E-state index in [4.69, 9.17) is 4.74 Å². The second kappa shape index (κ2) is 13.8. The molecule has 3 nitrogen and oxygen atoms in total. The summed E-state index contributed by atoms with van der Waals surface area (Å²) < 4.78 is 5.49. The van der Waals surface area contributed by atoms with Crippen molar-refractivity contribution in [3.63, 3.8) is 0 Å².